The molecule has 82 valence electrons. The van der Waals surface area contributed by atoms with Crippen molar-refractivity contribution < 1.29 is 24.2 Å². The minimum absolute atomic E-state index is 0.0838. The number of rotatable bonds is 5. The van der Waals surface area contributed by atoms with E-state index in [4.69, 9.17) is 0 Å². The minimum Gasteiger partial charge on any atom is -0.469 e. The molecule has 0 fully saturated rings. The molecule has 0 saturated carbocycles. The van der Waals surface area contributed by atoms with Crippen LogP contribution in [0.3, 0.4) is 0 Å². The first-order valence-corrected chi connectivity index (χ1v) is 4.27. The molecule has 1 atom stereocenters. The zero-order chi connectivity index (χ0) is 11.2. The highest BCUT2D eigenvalue weighted by molar-refractivity contribution is 5.71. The molecule has 1 N–H and O–H groups in total. The fourth-order valence-corrected chi connectivity index (χ4v) is 0.945. The summed E-state index contributed by atoms with van der Waals surface area (Å²) in [5.41, 5.74) is -1.22. The number of hydrogen-bond donors (Lipinski definition) is 1. The summed E-state index contributed by atoms with van der Waals surface area (Å²) in [4.78, 5) is 21.6. The van der Waals surface area contributed by atoms with Gasteiger partial charge in [-0.25, -0.2) is 0 Å². The van der Waals surface area contributed by atoms with Crippen LogP contribution in [0.4, 0.5) is 0 Å². The molecule has 0 heterocycles. The van der Waals surface area contributed by atoms with Crippen molar-refractivity contribution in [3.05, 3.63) is 0 Å². The average molecular weight is 204 g/mol. The summed E-state index contributed by atoms with van der Waals surface area (Å²) >= 11 is 0. The largest absolute Gasteiger partial charge is 0.469 e. The SMILES string of the molecule is COC(=O)CCC(C)(O)CC(=O)OC. The van der Waals surface area contributed by atoms with Crippen LogP contribution in [0.15, 0.2) is 0 Å². The quantitative estimate of drug-likeness (QED) is 0.650. The van der Waals surface area contributed by atoms with Crippen molar-refractivity contribution in [1.82, 2.24) is 0 Å². The highest BCUT2D eigenvalue weighted by Crippen LogP contribution is 2.17. The van der Waals surface area contributed by atoms with Gasteiger partial charge in [-0.05, 0) is 13.3 Å². The first kappa shape index (κ1) is 12.9. The van der Waals surface area contributed by atoms with Gasteiger partial charge in [0.2, 0.25) is 0 Å². The van der Waals surface area contributed by atoms with Crippen LogP contribution in [0, 0.1) is 0 Å². The summed E-state index contributed by atoms with van der Waals surface area (Å²) in [6.07, 6.45) is 0.135. The van der Waals surface area contributed by atoms with E-state index in [9.17, 15) is 14.7 Å². The van der Waals surface area contributed by atoms with Crippen LogP contribution in [-0.2, 0) is 19.1 Å². The second-order valence-corrected chi connectivity index (χ2v) is 3.33. The molecular weight excluding hydrogens is 188 g/mol. The Morgan fingerprint density at radius 1 is 1.21 bits per heavy atom. The monoisotopic (exact) mass is 204 g/mol. The maximum absolute atomic E-state index is 10.8. The first-order chi connectivity index (χ1) is 6.41. The van der Waals surface area contributed by atoms with E-state index in [-0.39, 0.29) is 19.3 Å². The molecule has 5 nitrogen and oxygen atoms in total. The molecule has 0 spiro atoms. The average Bonchev–Trinajstić information content (AvgIpc) is 2.13. The second-order valence-electron chi connectivity index (χ2n) is 3.33. The Kier molecular flexibility index (Phi) is 5.15. The standard InChI is InChI=1S/C9H16O5/c1-9(12,6-8(11)14-3)5-4-7(10)13-2/h12H,4-6H2,1-3H3. The minimum atomic E-state index is -1.22. The molecule has 0 aliphatic carbocycles. The van der Waals surface area contributed by atoms with E-state index < -0.39 is 17.5 Å². The third-order valence-corrected chi connectivity index (χ3v) is 1.85. The van der Waals surface area contributed by atoms with Gasteiger partial charge < -0.3 is 14.6 Å². The summed E-state index contributed by atoms with van der Waals surface area (Å²) in [7, 11) is 2.52. The Bertz CT molecular complexity index is 209. The van der Waals surface area contributed by atoms with Crippen LogP contribution in [0.5, 0.6) is 0 Å². The second kappa shape index (κ2) is 5.59. The lowest BCUT2D eigenvalue weighted by atomic mass is 9.96. The van der Waals surface area contributed by atoms with Crippen molar-refractivity contribution in [2.24, 2.45) is 0 Å². The molecule has 0 rings (SSSR count). The summed E-state index contributed by atoms with van der Waals surface area (Å²) in [5.74, 6) is -0.907. The first-order valence-electron chi connectivity index (χ1n) is 4.27. The van der Waals surface area contributed by atoms with E-state index in [0.717, 1.165) is 0 Å². The van der Waals surface area contributed by atoms with E-state index in [1.54, 1.807) is 0 Å². The molecule has 0 aliphatic rings. The summed E-state index contributed by atoms with van der Waals surface area (Å²) in [5, 5.41) is 9.65. The van der Waals surface area contributed by atoms with Crippen LogP contribution < -0.4 is 0 Å². The Morgan fingerprint density at radius 3 is 2.14 bits per heavy atom. The summed E-state index contributed by atoms with van der Waals surface area (Å²) in [6, 6.07) is 0. The third kappa shape index (κ3) is 5.53. The van der Waals surface area contributed by atoms with Crippen molar-refractivity contribution in [2.75, 3.05) is 14.2 Å². The van der Waals surface area contributed by atoms with Crippen molar-refractivity contribution >= 4 is 11.9 Å². The summed E-state index contributed by atoms with van der Waals surface area (Å²) < 4.78 is 8.81. The molecule has 0 aliphatic heterocycles. The molecule has 0 aromatic rings. The van der Waals surface area contributed by atoms with Gasteiger partial charge in [0.1, 0.15) is 0 Å². The predicted molar refractivity (Wildman–Crippen MR) is 48.5 cm³/mol. The Morgan fingerprint density at radius 2 is 1.71 bits per heavy atom. The Labute approximate surface area is 83.0 Å². The van der Waals surface area contributed by atoms with E-state index >= 15 is 0 Å². The third-order valence-electron chi connectivity index (χ3n) is 1.85. The number of aliphatic hydroxyl groups is 1. The van der Waals surface area contributed by atoms with Crippen molar-refractivity contribution in [3.63, 3.8) is 0 Å². The Hall–Kier alpha value is -1.10. The predicted octanol–water partition coefficient (Wildman–Crippen LogP) is 0.254. The smallest absolute Gasteiger partial charge is 0.308 e. The fourth-order valence-electron chi connectivity index (χ4n) is 0.945. The number of methoxy groups -OCH3 is 2. The lowest BCUT2D eigenvalue weighted by molar-refractivity contribution is -0.148. The number of esters is 2. The van der Waals surface area contributed by atoms with Crippen LogP contribution in [0.1, 0.15) is 26.2 Å². The number of carbonyl (C=O) groups excluding carboxylic acids is 2. The molecule has 14 heavy (non-hydrogen) atoms. The normalized spacial score (nSPS) is 14.3. The number of hydrogen-bond acceptors (Lipinski definition) is 5. The highest BCUT2D eigenvalue weighted by Gasteiger charge is 2.25. The maximum atomic E-state index is 10.8. The zero-order valence-corrected chi connectivity index (χ0v) is 8.70. The van der Waals surface area contributed by atoms with E-state index in [1.807, 2.05) is 0 Å². The van der Waals surface area contributed by atoms with Gasteiger partial charge in [0, 0.05) is 6.42 Å². The molecule has 0 aromatic heterocycles. The van der Waals surface area contributed by atoms with Crippen molar-refractivity contribution in [3.8, 4) is 0 Å². The van der Waals surface area contributed by atoms with Gasteiger partial charge in [-0.1, -0.05) is 0 Å². The molecule has 0 saturated heterocycles. The Balaban J connectivity index is 3.94. The lowest BCUT2D eigenvalue weighted by Gasteiger charge is -2.20. The van der Waals surface area contributed by atoms with E-state index in [0.29, 0.717) is 0 Å². The van der Waals surface area contributed by atoms with Gasteiger partial charge in [0.15, 0.2) is 0 Å². The van der Waals surface area contributed by atoms with Gasteiger partial charge in [-0.15, -0.1) is 0 Å². The van der Waals surface area contributed by atoms with Crippen molar-refractivity contribution in [2.45, 2.75) is 31.8 Å². The molecule has 0 amide bonds. The summed E-state index contributed by atoms with van der Waals surface area (Å²) in [6.45, 7) is 1.48. The maximum Gasteiger partial charge on any atom is 0.308 e. The molecule has 5 heteroatoms. The topological polar surface area (TPSA) is 72.8 Å². The molecule has 0 aromatic carbocycles. The van der Waals surface area contributed by atoms with E-state index in [2.05, 4.69) is 9.47 Å². The molecular formula is C9H16O5. The highest BCUT2D eigenvalue weighted by atomic mass is 16.5. The van der Waals surface area contributed by atoms with Crippen molar-refractivity contribution in [1.29, 1.82) is 0 Å². The molecule has 0 bridgehead atoms. The van der Waals surface area contributed by atoms with Crippen LogP contribution in [0.2, 0.25) is 0 Å². The zero-order valence-electron chi connectivity index (χ0n) is 8.70. The van der Waals surface area contributed by atoms with Gasteiger partial charge in [-0.2, -0.15) is 0 Å². The van der Waals surface area contributed by atoms with Gasteiger partial charge in [0.25, 0.3) is 0 Å². The van der Waals surface area contributed by atoms with Crippen LogP contribution in [-0.4, -0.2) is 36.9 Å². The fraction of sp³-hybridized carbons (Fsp3) is 0.778. The number of carbonyl (C=O) groups is 2. The van der Waals surface area contributed by atoms with Gasteiger partial charge in [-0.3, -0.25) is 9.59 Å². The molecule has 0 radical (unpaired) electrons. The van der Waals surface area contributed by atoms with Gasteiger partial charge >= 0.3 is 11.9 Å². The van der Waals surface area contributed by atoms with E-state index in [1.165, 1.54) is 21.1 Å². The van der Waals surface area contributed by atoms with Crippen LogP contribution in [0.25, 0.3) is 0 Å². The van der Waals surface area contributed by atoms with Gasteiger partial charge in [0.05, 0.1) is 26.2 Å². The lowest BCUT2D eigenvalue weighted by Crippen LogP contribution is -2.29. The molecule has 1 unspecified atom stereocenters. The van der Waals surface area contributed by atoms with Crippen LogP contribution >= 0.6 is 0 Å². The number of ether oxygens (including phenoxy) is 2.